The summed E-state index contributed by atoms with van der Waals surface area (Å²) in [7, 11) is 0. The first-order chi connectivity index (χ1) is 8.81. The fourth-order valence-electron chi connectivity index (χ4n) is 2.05. The molecule has 2 N–H and O–H groups in total. The number of hydrogen-bond donors (Lipinski definition) is 2. The Morgan fingerprint density at radius 3 is 3.28 bits per heavy atom. The van der Waals surface area contributed by atoms with Gasteiger partial charge in [0.05, 0.1) is 12.5 Å². The minimum Gasteiger partial charge on any atom is -0.476 e. The number of pyridine rings is 1. The standard InChI is InChI=1S/C13H19N3O2/c1-2-18-13-11(6-4-8-15-13)16-12(17)10-5-3-7-14-9-10/h4,6,8,10,14H,2-3,5,7,9H2,1H3,(H,16,17). The van der Waals surface area contributed by atoms with Crippen molar-refractivity contribution in [3.8, 4) is 5.88 Å². The Hall–Kier alpha value is -1.62. The van der Waals surface area contributed by atoms with Crippen LogP contribution in [0.1, 0.15) is 19.8 Å². The molecule has 2 rings (SSSR count). The van der Waals surface area contributed by atoms with Crippen LogP contribution in [0.2, 0.25) is 0 Å². The molecule has 2 heterocycles. The molecule has 98 valence electrons. The van der Waals surface area contributed by atoms with E-state index in [1.54, 1.807) is 12.3 Å². The highest BCUT2D eigenvalue weighted by atomic mass is 16.5. The maximum atomic E-state index is 12.1. The molecule has 0 radical (unpaired) electrons. The zero-order valence-electron chi connectivity index (χ0n) is 10.6. The third kappa shape index (κ3) is 3.20. The number of aromatic nitrogens is 1. The first-order valence-electron chi connectivity index (χ1n) is 6.40. The van der Waals surface area contributed by atoms with E-state index in [0.717, 1.165) is 25.9 Å². The summed E-state index contributed by atoms with van der Waals surface area (Å²) in [4.78, 5) is 16.2. The van der Waals surface area contributed by atoms with Crippen LogP contribution in [0.3, 0.4) is 0 Å². The molecular weight excluding hydrogens is 230 g/mol. The fourth-order valence-corrected chi connectivity index (χ4v) is 2.05. The minimum atomic E-state index is 0.0356. The predicted octanol–water partition coefficient (Wildman–Crippen LogP) is 1.42. The SMILES string of the molecule is CCOc1ncccc1NC(=O)C1CCCNC1. The zero-order valence-corrected chi connectivity index (χ0v) is 10.6. The lowest BCUT2D eigenvalue weighted by atomic mass is 9.99. The van der Waals surface area contributed by atoms with Crippen molar-refractivity contribution in [2.24, 2.45) is 5.92 Å². The van der Waals surface area contributed by atoms with Gasteiger partial charge in [-0.1, -0.05) is 0 Å². The van der Waals surface area contributed by atoms with Crippen molar-refractivity contribution in [3.63, 3.8) is 0 Å². The van der Waals surface area contributed by atoms with Crippen molar-refractivity contribution < 1.29 is 9.53 Å². The highest BCUT2D eigenvalue weighted by Gasteiger charge is 2.21. The number of nitrogens with one attached hydrogen (secondary N) is 2. The van der Waals surface area contributed by atoms with Gasteiger partial charge in [-0.25, -0.2) is 4.98 Å². The average molecular weight is 249 g/mol. The van der Waals surface area contributed by atoms with Gasteiger partial charge in [0.2, 0.25) is 11.8 Å². The summed E-state index contributed by atoms with van der Waals surface area (Å²) < 4.78 is 5.38. The van der Waals surface area contributed by atoms with E-state index in [0.29, 0.717) is 18.2 Å². The molecule has 1 atom stereocenters. The maximum Gasteiger partial charge on any atom is 0.237 e. The number of ether oxygens (including phenoxy) is 1. The summed E-state index contributed by atoms with van der Waals surface area (Å²) in [6, 6.07) is 3.60. The average Bonchev–Trinajstić information content (AvgIpc) is 2.42. The Bertz CT molecular complexity index is 403. The minimum absolute atomic E-state index is 0.0356. The fraction of sp³-hybridized carbons (Fsp3) is 0.538. The Balaban J connectivity index is 2.01. The highest BCUT2D eigenvalue weighted by Crippen LogP contribution is 2.22. The van der Waals surface area contributed by atoms with Crippen LogP contribution >= 0.6 is 0 Å². The molecule has 1 saturated heterocycles. The molecule has 0 aliphatic carbocycles. The van der Waals surface area contributed by atoms with Gasteiger partial charge >= 0.3 is 0 Å². The molecule has 0 saturated carbocycles. The molecule has 1 amide bonds. The van der Waals surface area contributed by atoms with E-state index in [-0.39, 0.29) is 11.8 Å². The number of nitrogens with zero attached hydrogens (tertiary/aromatic N) is 1. The Labute approximate surface area is 107 Å². The quantitative estimate of drug-likeness (QED) is 0.847. The molecule has 1 aromatic rings. The largest absolute Gasteiger partial charge is 0.476 e. The van der Waals surface area contributed by atoms with E-state index in [9.17, 15) is 4.79 Å². The van der Waals surface area contributed by atoms with Gasteiger partial charge in [-0.3, -0.25) is 4.79 Å². The number of carbonyl (C=O) groups excluding carboxylic acids is 1. The molecule has 5 nitrogen and oxygen atoms in total. The number of amides is 1. The molecule has 1 aromatic heterocycles. The Morgan fingerprint density at radius 1 is 1.67 bits per heavy atom. The van der Waals surface area contributed by atoms with Crippen LogP contribution in [0.25, 0.3) is 0 Å². The van der Waals surface area contributed by atoms with E-state index in [2.05, 4.69) is 15.6 Å². The van der Waals surface area contributed by atoms with Crippen LogP contribution in [0.4, 0.5) is 5.69 Å². The molecule has 1 aliphatic rings. The molecule has 1 unspecified atom stereocenters. The second-order valence-corrected chi connectivity index (χ2v) is 4.32. The van der Waals surface area contributed by atoms with E-state index in [1.165, 1.54) is 0 Å². The number of carbonyl (C=O) groups is 1. The normalized spacial score (nSPS) is 19.3. The van der Waals surface area contributed by atoms with Gasteiger partial charge in [0.15, 0.2) is 0 Å². The summed E-state index contributed by atoms with van der Waals surface area (Å²) in [6.07, 6.45) is 3.63. The van der Waals surface area contributed by atoms with Gasteiger partial charge in [0.25, 0.3) is 0 Å². The molecule has 18 heavy (non-hydrogen) atoms. The van der Waals surface area contributed by atoms with Crippen molar-refractivity contribution in [1.82, 2.24) is 10.3 Å². The highest BCUT2D eigenvalue weighted by molar-refractivity contribution is 5.93. The van der Waals surface area contributed by atoms with Gasteiger partial charge < -0.3 is 15.4 Å². The van der Waals surface area contributed by atoms with Gasteiger partial charge in [0.1, 0.15) is 5.69 Å². The van der Waals surface area contributed by atoms with Crippen molar-refractivity contribution in [3.05, 3.63) is 18.3 Å². The summed E-state index contributed by atoms with van der Waals surface area (Å²) >= 11 is 0. The van der Waals surface area contributed by atoms with E-state index >= 15 is 0 Å². The third-order valence-corrected chi connectivity index (χ3v) is 2.98. The second-order valence-electron chi connectivity index (χ2n) is 4.32. The number of rotatable bonds is 4. The van der Waals surface area contributed by atoms with Crippen LogP contribution < -0.4 is 15.4 Å². The lowest BCUT2D eigenvalue weighted by molar-refractivity contribution is -0.120. The predicted molar refractivity (Wildman–Crippen MR) is 69.6 cm³/mol. The smallest absolute Gasteiger partial charge is 0.237 e. The van der Waals surface area contributed by atoms with Crippen molar-refractivity contribution in [2.45, 2.75) is 19.8 Å². The molecule has 5 heteroatoms. The summed E-state index contributed by atoms with van der Waals surface area (Å²) in [5.41, 5.74) is 0.648. The van der Waals surface area contributed by atoms with Gasteiger partial charge in [-0.2, -0.15) is 0 Å². The van der Waals surface area contributed by atoms with Crippen molar-refractivity contribution >= 4 is 11.6 Å². The lowest BCUT2D eigenvalue weighted by Crippen LogP contribution is -2.37. The monoisotopic (exact) mass is 249 g/mol. The number of anilines is 1. The van der Waals surface area contributed by atoms with Crippen LogP contribution in [0.5, 0.6) is 5.88 Å². The number of piperidine rings is 1. The summed E-state index contributed by atoms with van der Waals surface area (Å²) in [5, 5.41) is 6.13. The molecule has 1 aliphatic heterocycles. The summed E-state index contributed by atoms with van der Waals surface area (Å²) in [5.74, 6) is 0.557. The first-order valence-corrected chi connectivity index (χ1v) is 6.40. The van der Waals surface area contributed by atoms with Crippen LogP contribution in [0.15, 0.2) is 18.3 Å². The Morgan fingerprint density at radius 2 is 2.56 bits per heavy atom. The van der Waals surface area contributed by atoms with E-state index in [4.69, 9.17) is 4.74 Å². The third-order valence-electron chi connectivity index (χ3n) is 2.98. The van der Waals surface area contributed by atoms with E-state index in [1.807, 2.05) is 13.0 Å². The molecule has 1 fully saturated rings. The summed E-state index contributed by atoms with van der Waals surface area (Å²) in [6.45, 7) is 4.17. The molecular formula is C13H19N3O2. The maximum absolute atomic E-state index is 12.1. The Kier molecular flexibility index (Phi) is 4.52. The van der Waals surface area contributed by atoms with Crippen LogP contribution in [0, 0.1) is 5.92 Å². The molecule has 0 aromatic carbocycles. The lowest BCUT2D eigenvalue weighted by Gasteiger charge is -2.22. The molecule has 0 spiro atoms. The topological polar surface area (TPSA) is 63.2 Å². The van der Waals surface area contributed by atoms with Gasteiger partial charge in [-0.05, 0) is 38.4 Å². The van der Waals surface area contributed by atoms with Crippen molar-refractivity contribution in [1.29, 1.82) is 0 Å². The first kappa shape index (κ1) is 12.8. The van der Waals surface area contributed by atoms with Crippen molar-refractivity contribution in [2.75, 3.05) is 25.0 Å². The van der Waals surface area contributed by atoms with Crippen LogP contribution in [-0.4, -0.2) is 30.6 Å². The van der Waals surface area contributed by atoms with Gasteiger partial charge in [0, 0.05) is 12.7 Å². The van der Waals surface area contributed by atoms with Crippen LogP contribution in [-0.2, 0) is 4.79 Å². The van der Waals surface area contributed by atoms with E-state index < -0.39 is 0 Å². The van der Waals surface area contributed by atoms with Gasteiger partial charge in [-0.15, -0.1) is 0 Å². The second kappa shape index (κ2) is 6.35. The zero-order chi connectivity index (χ0) is 12.8. The molecule has 0 bridgehead atoms. The number of hydrogen-bond acceptors (Lipinski definition) is 4.